The Kier molecular flexibility index (Phi) is 4.04. The molecule has 0 saturated carbocycles. The second-order valence-corrected chi connectivity index (χ2v) is 2.94. The van der Waals surface area contributed by atoms with Gasteiger partial charge in [-0.2, -0.15) is 0 Å². The Balaban J connectivity index is 2.85. The lowest BCUT2D eigenvalue weighted by atomic mass is 10.2. The zero-order valence-electron chi connectivity index (χ0n) is 8.57. The zero-order chi connectivity index (χ0) is 12.1. The molecule has 0 heterocycles. The van der Waals surface area contributed by atoms with Gasteiger partial charge < -0.3 is 15.2 Å². The van der Waals surface area contributed by atoms with E-state index >= 15 is 0 Å². The summed E-state index contributed by atoms with van der Waals surface area (Å²) in [6, 6.07) is 4.07. The minimum Gasteiger partial charge on any atom is -0.488 e. The molecule has 0 aliphatic carbocycles. The summed E-state index contributed by atoms with van der Waals surface area (Å²) in [5.41, 5.74) is 5.81. The molecule has 2 N–H and O–H groups in total. The summed E-state index contributed by atoms with van der Waals surface area (Å²) in [7, 11) is 1.20. The highest BCUT2D eigenvalue weighted by Gasteiger charge is 2.12. The number of carbonyl (C=O) groups excluding carboxylic acids is 1. The van der Waals surface area contributed by atoms with Gasteiger partial charge in [0.2, 0.25) is 0 Å². The molecule has 6 heteroatoms. The Hall–Kier alpha value is -1.85. The highest BCUT2D eigenvalue weighted by molar-refractivity contribution is 5.95. The van der Waals surface area contributed by atoms with Gasteiger partial charge in [0.1, 0.15) is 12.4 Å². The smallest absolute Gasteiger partial charge is 0.340 e. The molecule has 0 radical (unpaired) electrons. The van der Waals surface area contributed by atoms with E-state index in [4.69, 9.17) is 10.5 Å². The van der Waals surface area contributed by atoms with Crippen molar-refractivity contribution in [2.45, 2.75) is 6.43 Å². The number of ether oxygens (including phenoxy) is 2. The summed E-state index contributed by atoms with van der Waals surface area (Å²) in [5.74, 6) is -0.491. The molecule has 0 unspecified atom stereocenters. The molecule has 16 heavy (non-hydrogen) atoms. The maximum Gasteiger partial charge on any atom is 0.340 e. The number of halogens is 2. The molecule has 0 spiro atoms. The Bertz CT molecular complexity index is 382. The molecule has 4 nitrogen and oxygen atoms in total. The summed E-state index contributed by atoms with van der Waals surface area (Å²) < 4.78 is 33.0. The summed E-state index contributed by atoms with van der Waals surface area (Å²) in [6.07, 6.45) is -2.57. The van der Waals surface area contributed by atoms with Crippen LogP contribution in [-0.2, 0) is 4.74 Å². The predicted octanol–water partition coefficient (Wildman–Crippen LogP) is 1.70. The molecular formula is C10H11F2NO3. The van der Waals surface area contributed by atoms with E-state index in [9.17, 15) is 13.6 Å². The molecule has 0 saturated heterocycles. The average molecular weight is 231 g/mol. The number of nitrogens with two attached hydrogens (primary N) is 1. The number of anilines is 1. The third kappa shape index (κ3) is 3.08. The van der Waals surface area contributed by atoms with Gasteiger partial charge in [0, 0.05) is 5.69 Å². The van der Waals surface area contributed by atoms with Crippen LogP contribution in [0.2, 0.25) is 0 Å². The van der Waals surface area contributed by atoms with E-state index in [-0.39, 0.29) is 17.0 Å². The zero-order valence-corrected chi connectivity index (χ0v) is 8.57. The van der Waals surface area contributed by atoms with Crippen molar-refractivity contribution >= 4 is 11.7 Å². The van der Waals surface area contributed by atoms with Crippen molar-refractivity contribution in [1.82, 2.24) is 0 Å². The second-order valence-electron chi connectivity index (χ2n) is 2.94. The van der Waals surface area contributed by atoms with Gasteiger partial charge in [-0.05, 0) is 18.2 Å². The van der Waals surface area contributed by atoms with Crippen LogP contribution in [0.5, 0.6) is 5.75 Å². The molecule has 0 amide bonds. The first kappa shape index (κ1) is 12.2. The lowest BCUT2D eigenvalue weighted by Gasteiger charge is -2.08. The Morgan fingerprint density at radius 3 is 2.75 bits per heavy atom. The summed E-state index contributed by atoms with van der Waals surface area (Å²) >= 11 is 0. The van der Waals surface area contributed by atoms with Crippen molar-refractivity contribution in [3.05, 3.63) is 23.8 Å². The highest BCUT2D eigenvalue weighted by Crippen LogP contribution is 2.20. The monoisotopic (exact) mass is 231 g/mol. The Labute approximate surface area is 91.0 Å². The number of hydrogen-bond acceptors (Lipinski definition) is 4. The van der Waals surface area contributed by atoms with Gasteiger partial charge in [-0.3, -0.25) is 0 Å². The van der Waals surface area contributed by atoms with Gasteiger partial charge in [-0.15, -0.1) is 0 Å². The van der Waals surface area contributed by atoms with Gasteiger partial charge in [-0.1, -0.05) is 0 Å². The average Bonchev–Trinajstić information content (AvgIpc) is 2.27. The van der Waals surface area contributed by atoms with Crippen LogP contribution in [0.25, 0.3) is 0 Å². The molecule has 88 valence electrons. The lowest BCUT2D eigenvalue weighted by molar-refractivity contribution is 0.0600. The van der Waals surface area contributed by atoms with Gasteiger partial charge in [-0.25, -0.2) is 13.6 Å². The molecule has 1 rings (SSSR count). The van der Waals surface area contributed by atoms with Gasteiger partial charge in [0.15, 0.2) is 0 Å². The Morgan fingerprint density at radius 2 is 2.19 bits per heavy atom. The Morgan fingerprint density at radius 1 is 1.50 bits per heavy atom. The van der Waals surface area contributed by atoms with Crippen LogP contribution in [0.4, 0.5) is 14.5 Å². The van der Waals surface area contributed by atoms with Crippen LogP contribution >= 0.6 is 0 Å². The van der Waals surface area contributed by atoms with Crippen molar-refractivity contribution in [1.29, 1.82) is 0 Å². The molecule has 1 aromatic carbocycles. The van der Waals surface area contributed by atoms with Crippen LogP contribution in [0.15, 0.2) is 18.2 Å². The normalized spacial score (nSPS) is 10.2. The molecule has 0 fully saturated rings. The third-order valence-electron chi connectivity index (χ3n) is 1.81. The second kappa shape index (κ2) is 5.29. The first-order valence-electron chi connectivity index (χ1n) is 4.43. The minimum absolute atomic E-state index is 0.0919. The van der Waals surface area contributed by atoms with Crippen molar-refractivity contribution in [2.75, 3.05) is 19.5 Å². The summed E-state index contributed by atoms with van der Waals surface area (Å²) in [5, 5.41) is 0. The van der Waals surface area contributed by atoms with E-state index < -0.39 is 19.0 Å². The minimum atomic E-state index is -2.57. The quantitative estimate of drug-likeness (QED) is 0.632. The molecule has 0 atom stereocenters. The first-order valence-corrected chi connectivity index (χ1v) is 4.43. The molecule has 0 bridgehead atoms. The van der Waals surface area contributed by atoms with E-state index in [1.54, 1.807) is 0 Å². The standard InChI is InChI=1S/C10H11F2NO3/c1-15-10(14)7-4-6(2-3-8(7)13)16-5-9(11)12/h2-4,9H,5,13H2,1H3. The maximum atomic E-state index is 11.9. The van der Waals surface area contributed by atoms with Crippen LogP contribution in [0, 0.1) is 0 Å². The van der Waals surface area contributed by atoms with E-state index in [0.717, 1.165) is 0 Å². The third-order valence-corrected chi connectivity index (χ3v) is 1.81. The van der Waals surface area contributed by atoms with Crippen molar-refractivity contribution < 1.29 is 23.0 Å². The number of nitrogen functional groups attached to an aromatic ring is 1. The van der Waals surface area contributed by atoms with Crippen LogP contribution in [-0.4, -0.2) is 26.1 Å². The SMILES string of the molecule is COC(=O)c1cc(OCC(F)F)ccc1N. The van der Waals surface area contributed by atoms with Crippen LogP contribution in [0.3, 0.4) is 0 Å². The fourth-order valence-corrected chi connectivity index (χ4v) is 1.07. The molecular weight excluding hydrogens is 220 g/mol. The number of esters is 1. The largest absolute Gasteiger partial charge is 0.488 e. The maximum absolute atomic E-state index is 11.9. The van der Waals surface area contributed by atoms with E-state index in [0.29, 0.717) is 0 Å². The molecule has 0 aliphatic rings. The number of rotatable bonds is 4. The summed E-state index contributed by atoms with van der Waals surface area (Å²) in [4.78, 5) is 11.2. The van der Waals surface area contributed by atoms with Gasteiger partial charge in [0.25, 0.3) is 6.43 Å². The van der Waals surface area contributed by atoms with Gasteiger partial charge >= 0.3 is 5.97 Å². The highest BCUT2D eigenvalue weighted by atomic mass is 19.3. The first-order chi connectivity index (χ1) is 7.54. The molecule has 0 aromatic heterocycles. The van der Waals surface area contributed by atoms with Crippen molar-refractivity contribution in [3.8, 4) is 5.75 Å². The number of alkyl halides is 2. The van der Waals surface area contributed by atoms with Crippen LogP contribution < -0.4 is 10.5 Å². The number of carbonyl (C=O) groups is 1. The van der Waals surface area contributed by atoms with E-state index in [1.165, 1.54) is 25.3 Å². The molecule has 0 aliphatic heterocycles. The van der Waals surface area contributed by atoms with E-state index in [1.807, 2.05) is 0 Å². The molecule has 1 aromatic rings. The fraction of sp³-hybridized carbons (Fsp3) is 0.300. The number of benzene rings is 1. The lowest BCUT2D eigenvalue weighted by Crippen LogP contribution is -2.09. The van der Waals surface area contributed by atoms with Crippen LogP contribution in [0.1, 0.15) is 10.4 Å². The van der Waals surface area contributed by atoms with Crippen molar-refractivity contribution in [3.63, 3.8) is 0 Å². The number of methoxy groups -OCH3 is 1. The fourth-order valence-electron chi connectivity index (χ4n) is 1.07. The van der Waals surface area contributed by atoms with E-state index in [2.05, 4.69) is 4.74 Å². The number of hydrogen-bond donors (Lipinski definition) is 1. The summed E-state index contributed by atoms with van der Waals surface area (Å²) in [6.45, 7) is -0.732. The topological polar surface area (TPSA) is 61.5 Å². The van der Waals surface area contributed by atoms with Gasteiger partial charge in [0.05, 0.1) is 12.7 Å². The predicted molar refractivity (Wildman–Crippen MR) is 53.7 cm³/mol. The van der Waals surface area contributed by atoms with Crippen molar-refractivity contribution in [2.24, 2.45) is 0 Å².